The van der Waals surface area contributed by atoms with Gasteiger partial charge in [0.1, 0.15) is 0 Å². The fourth-order valence-electron chi connectivity index (χ4n) is 2.88. The SMILES string of the molecule is C1=CCC(Nc2ccc(-c3ccc(-c4ccccc4)s3)cc2)C=C1. The predicted molar refractivity (Wildman–Crippen MR) is 105 cm³/mol. The monoisotopic (exact) mass is 329 g/mol. The summed E-state index contributed by atoms with van der Waals surface area (Å²) >= 11 is 1.84. The van der Waals surface area contributed by atoms with E-state index >= 15 is 0 Å². The summed E-state index contributed by atoms with van der Waals surface area (Å²) in [6, 6.07) is 24.1. The lowest BCUT2D eigenvalue weighted by Crippen LogP contribution is -2.16. The van der Waals surface area contributed by atoms with Crippen LogP contribution in [0, 0.1) is 0 Å². The Morgan fingerprint density at radius 1 is 0.750 bits per heavy atom. The molecule has 0 radical (unpaired) electrons. The lowest BCUT2D eigenvalue weighted by atomic mass is 10.1. The van der Waals surface area contributed by atoms with E-state index < -0.39 is 0 Å². The zero-order chi connectivity index (χ0) is 16.2. The number of hydrogen-bond donors (Lipinski definition) is 1. The first-order chi connectivity index (χ1) is 11.9. The van der Waals surface area contributed by atoms with Crippen LogP contribution >= 0.6 is 11.3 Å². The molecular formula is C22H19NS. The fourth-order valence-corrected chi connectivity index (χ4v) is 3.90. The van der Waals surface area contributed by atoms with Crippen LogP contribution in [-0.4, -0.2) is 6.04 Å². The van der Waals surface area contributed by atoms with Gasteiger partial charge in [-0.3, -0.25) is 0 Å². The van der Waals surface area contributed by atoms with Crippen molar-refractivity contribution in [1.82, 2.24) is 0 Å². The molecule has 0 spiro atoms. The van der Waals surface area contributed by atoms with E-state index in [1.165, 1.54) is 26.6 Å². The largest absolute Gasteiger partial charge is 0.379 e. The van der Waals surface area contributed by atoms with Crippen LogP contribution < -0.4 is 5.32 Å². The highest BCUT2D eigenvalue weighted by atomic mass is 32.1. The van der Waals surface area contributed by atoms with Gasteiger partial charge in [0.25, 0.3) is 0 Å². The summed E-state index contributed by atoms with van der Waals surface area (Å²) in [5.41, 5.74) is 3.72. The van der Waals surface area contributed by atoms with Crippen LogP contribution in [0.4, 0.5) is 5.69 Å². The summed E-state index contributed by atoms with van der Waals surface area (Å²) in [5.74, 6) is 0. The molecule has 1 aromatic heterocycles. The zero-order valence-corrected chi connectivity index (χ0v) is 14.2. The van der Waals surface area contributed by atoms with Crippen LogP contribution in [0.2, 0.25) is 0 Å². The zero-order valence-electron chi connectivity index (χ0n) is 13.4. The molecule has 0 fully saturated rings. The molecule has 1 heterocycles. The minimum Gasteiger partial charge on any atom is -0.379 e. The Kier molecular flexibility index (Phi) is 4.30. The maximum atomic E-state index is 3.56. The van der Waals surface area contributed by atoms with Crippen molar-refractivity contribution in [2.24, 2.45) is 0 Å². The normalized spacial score (nSPS) is 16.2. The number of anilines is 1. The lowest BCUT2D eigenvalue weighted by molar-refractivity contribution is 0.883. The average molecular weight is 329 g/mol. The first-order valence-corrected chi connectivity index (χ1v) is 9.06. The number of nitrogens with one attached hydrogen (secondary N) is 1. The van der Waals surface area contributed by atoms with E-state index in [1.54, 1.807) is 0 Å². The minimum absolute atomic E-state index is 0.396. The van der Waals surface area contributed by atoms with Crippen LogP contribution in [0.3, 0.4) is 0 Å². The fraction of sp³-hybridized carbons (Fsp3) is 0.0909. The van der Waals surface area contributed by atoms with Gasteiger partial charge in [0.15, 0.2) is 0 Å². The summed E-state index contributed by atoms with van der Waals surface area (Å²) in [4.78, 5) is 2.62. The molecule has 24 heavy (non-hydrogen) atoms. The third kappa shape index (κ3) is 3.34. The van der Waals surface area contributed by atoms with E-state index in [9.17, 15) is 0 Å². The van der Waals surface area contributed by atoms with Gasteiger partial charge in [0, 0.05) is 21.5 Å². The van der Waals surface area contributed by atoms with E-state index in [1.807, 2.05) is 11.3 Å². The molecule has 2 heteroatoms. The van der Waals surface area contributed by atoms with Crippen LogP contribution in [0.1, 0.15) is 6.42 Å². The van der Waals surface area contributed by atoms with Crippen molar-refractivity contribution in [1.29, 1.82) is 0 Å². The maximum Gasteiger partial charge on any atom is 0.0482 e. The molecule has 0 saturated carbocycles. The number of allylic oxidation sites excluding steroid dienone is 2. The van der Waals surface area contributed by atoms with Gasteiger partial charge in [0.2, 0.25) is 0 Å². The highest BCUT2D eigenvalue weighted by Crippen LogP contribution is 2.34. The van der Waals surface area contributed by atoms with E-state index in [2.05, 4.69) is 96.4 Å². The summed E-state index contributed by atoms with van der Waals surface area (Å²) < 4.78 is 0. The smallest absolute Gasteiger partial charge is 0.0482 e. The molecule has 1 atom stereocenters. The Morgan fingerprint density at radius 2 is 1.46 bits per heavy atom. The summed E-state index contributed by atoms with van der Waals surface area (Å²) in [5, 5.41) is 3.56. The van der Waals surface area contributed by atoms with Gasteiger partial charge in [0.05, 0.1) is 0 Å². The van der Waals surface area contributed by atoms with Crippen molar-refractivity contribution in [3.05, 3.63) is 91.0 Å². The van der Waals surface area contributed by atoms with Crippen molar-refractivity contribution in [3.63, 3.8) is 0 Å². The minimum atomic E-state index is 0.396. The van der Waals surface area contributed by atoms with Crippen LogP contribution in [-0.2, 0) is 0 Å². The second-order valence-corrected chi connectivity index (χ2v) is 6.99. The molecular weight excluding hydrogens is 310 g/mol. The first kappa shape index (κ1) is 15.0. The number of benzene rings is 2. The van der Waals surface area contributed by atoms with Crippen molar-refractivity contribution >= 4 is 17.0 Å². The van der Waals surface area contributed by atoms with Crippen molar-refractivity contribution in [2.45, 2.75) is 12.5 Å². The Morgan fingerprint density at radius 3 is 2.12 bits per heavy atom. The highest BCUT2D eigenvalue weighted by molar-refractivity contribution is 7.18. The van der Waals surface area contributed by atoms with Crippen LogP contribution in [0.5, 0.6) is 0 Å². The first-order valence-electron chi connectivity index (χ1n) is 8.24. The van der Waals surface area contributed by atoms with Crippen molar-refractivity contribution in [3.8, 4) is 20.9 Å². The molecule has 118 valence electrons. The maximum absolute atomic E-state index is 3.56. The van der Waals surface area contributed by atoms with E-state index in [-0.39, 0.29) is 0 Å². The van der Waals surface area contributed by atoms with Crippen molar-refractivity contribution < 1.29 is 0 Å². The van der Waals surface area contributed by atoms with Gasteiger partial charge in [-0.2, -0.15) is 0 Å². The molecule has 0 aliphatic heterocycles. The quantitative estimate of drug-likeness (QED) is 0.585. The molecule has 0 amide bonds. The molecule has 2 aromatic carbocycles. The summed E-state index contributed by atoms with van der Waals surface area (Å²) in [6.45, 7) is 0. The molecule has 0 saturated heterocycles. The molecule has 4 rings (SSSR count). The van der Waals surface area contributed by atoms with Gasteiger partial charge in [-0.15, -0.1) is 11.3 Å². The van der Waals surface area contributed by atoms with Gasteiger partial charge in [-0.05, 0) is 41.8 Å². The lowest BCUT2D eigenvalue weighted by Gasteiger charge is -2.16. The van der Waals surface area contributed by atoms with Crippen molar-refractivity contribution in [2.75, 3.05) is 5.32 Å². The topological polar surface area (TPSA) is 12.0 Å². The van der Waals surface area contributed by atoms with Crippen LogP contribution in [0.15, 0.2) is 91.0 Å². The molecule has 0 bridgehead atoms. The van der Waals surface area contributed by atoms with Gasteiger partial charge in [-0.1, -0.05) is 66.8 Å². The Balaban J connectivity index is 1.50. The van der Waals surface area contributed by atoms with Gasteiger partial charge >= 0.3 is 0 Å². The molecule has 1 aliphatic carbocycles. The summed E-state index contributed by atoms with van der Waals surface area (Å²) in [6.07, 6.45) is 9.65. The molecule has 1 N–H and O–H groups in total. The Bertz CT molecular complexity index is 857. The van der Waals surface area contributed by atoms with E-state index in [0.717, 1.165) is 6.42 Å². The molecule has 1 nitrogen and oxygen atoms in total. The van der Waals surface area contributed by atoms with Gasteiger partial charge < -0.3 is 5.32 Å². The number of rotatable bonds is 4. The molecule has 1 aliphatic rings. The number of hydrogen-bond acceptors (Lipinski definition) is 2. The Labute approximate surface area is 147 Å². The third-order valence-electron chi connectivity index (χ3n) is 4.17. The van der Waals surface area contributed by atoms with E-state index in [4.69, 9.17) is 0 Å². The summed E-state index contributed by atoms with van der Waals surface area (Å²) in [7, 11) is 0. The average Bonchev–Trinajstić information content (AvgIpc) is 3.14. The Hall–Kier alpha value is -2.58. The van der Waals surface area contributed by atoms with Gasteiger partial charge in [-0.25, -0.2) is 0 Å². The highest BCUT2D eigenvalue weighted by Gasteiger charge is 2.07. The second-order valence-electron chi connectivity index (χ2n) is 5.91. The standard InChI is InChI=1S/C22H19NS/c1-3-7-17(8-4-1)21-15-16-22(24-21)18-11-13-20(14-12-18)23-19-9-5-2-6-10-19/h1-9,11-16,19,23H,10H2. The number of thiophene rings is 1. The molecule has 3 aromatic rings. The second kappa shape index (κ2) is 6.90. The van der Waals surface area contributed by atoms with E-state index in [0.29, 0.717) is 6.04 Å². The van der Waals surface area contributed by atoms with Crippen LogP contribution in [0.25, 0.3) is 20.9 Å². The predicted octanol–water partition coefficient (Wildman–Crippen LogP) is 6.38. The molecule has 1 unspecified atom stereocenters. The third-order valence-corrected chi connectivity index (χ3v) is 5.35.